The Morgan fingerprint density at radius 1 is 1.20 bits per heavy atom. The Morgan fingerprint density at radius 3 is 2.20 bits per heavy atom. The first-order chi connectivity index (χ1) is 9.52. The summed E-state index contributed by atoms with van der Waals surface area (Å²) in [5, 5.41) is 0. The van der Waals surface area contributed by atoms with E-state index < -0.39 is 0 Å². The first-order valence-corrected chi connectivity index (χ1v) is 7.74. The molecule has 0 bridgehead atoms. The smallest absolute Gasteiger partial charge is 0.336 e. The van der Waals surface area contributed by atoms with Gasteiger partial charge in [-0.2, -0.15) is 0 Å². The molecule has 0 saturated heterocycles. The second-order valence-corrected chi connectivity index (χ2v) is 6.17. The van der Waals surface area contributed by atoms with Crippen LogP contribution in [0.25, 0.3) is 0 Å². The number of rotatable bonds is 2. The molecule has 1 heterocycles. The van der Waals surface area contributed by atoms with Crippen molar-refractivity contribution in [2.75, 3.05) is 14.1 Å². The summed E-state index contributed by atoms with van der Waals surface area (Å²) < 4.78 is 6.10. The highest BCUT2D eigenvalue weighted by Crippen LogP contribution is 2.31. The lowest BCUT2D eigenvalue weighted by molar-refractivity contribution is -0.115. The highest BCUT2D eigenvalue weighted by Gasteiger charge is 2.17. The minimum atomic E-state index is -0.247. The second kappa shape index (κ2) is 8.95. The molecule has 0 spiro atoms. The second-order valence-electron chi connectivity index (χ2n) is 5.25. The lowest BCUT2D eigenvalue weighted by Gasteiger charge is -2.12. The van der Waals surface area contributed by atoms with E-state index in [2.05, 4.69) is 15.9 Å². The van der Waals surface area contributed by atoms with Crippen molar-refractivity contribution < 1.29 is 9.21 Å². The maximum atomic E-state index is 11.2. The number of carbonyl (C=O) groups excluding carboxylic acids is 1. The van der Waals surface area contributed by atoms with Crippen LogP contribution < -0.4 is 5.63 Å². The summed E-state index contributed by atoms with van der Waals surface area (Å²) in [7, 11) is 3.38. The van der Waals surface area contributed by atoms with E-state index in [1.165, 1.54) is 36.6 Å². The summed E-state index contributed by atoms with van der Waals surface area (Å²) in [6, 6.07) is 3.41. The molecule has 1 aromatic heterocycles. The molecule has 4 nitrogen and oxygen atoms in total. The molecule has 1 amide bonds. The van der Waals surface area contributed by atoms with Gasteiger partial charge in [-0.05, 0) is 18.9 Å². The van der Waals surface area contributed by atoms with Crippen LogP contribution in [-0.4, -0.2) is 25.4 Å². The van der Waals surface area contributed by atoms with Gasteiger partial charge in [-0.15, -0.1) is 0 Å². The fraction of sp³-hybridized carbons (Fsp3) is 0.600. The van der Waals surface area contributed by atoms with Crippen molar-refractivity contribution in [1.29, 1.82) is 0 Å². The molecule has 0 aliphatic heterocycles. The van der Waals surface area contributed by atoms with E-state index in [9.17, 15) is 9.59 Å². The highest BCUT2D eigenvalue weighted by molar-refractivity contribution is 9.10. The van der Waals surface area contributed by atoms with Crippen molar-refractivity contribution in [3.8, 4) is 0 Å². The van der Waals surface area contributed by atoms with Crippen LogP contribution in [0.2, 0.25) is 0 Å². The lowest BCUT2D eigenvalue weighted by Crippen LogP contribution is -2.06. The topological polar surface area (TPSA) is 50.5 Å². The third kappa shape index (κ3) is 6.37. The molecule has 1 fully saturated rings. The summed E-state index contributed by atoms with van der Waals surface area (Å²) in [4.78, 5) is 22.1. The molecule has 0 aromatic carbocycles. The van der Waals surface area contributed by atoms with E-state index in [4.69, 9.17) is 4.42 Å². The van der Waals surface area contributed by atoms with Crippen LogP contribution in [0.5, 0.6) is 0 Å². The van der Waals surface area contributed by atoms with Gasteiger partial charge in [-0.25, -0.2) is 4.79 Å². The maximum absolute atomic E-state index is 11.2. The zero-order valence-corrected chi connectivity index (χ0v) is 13.7. The van der Waals surface area contributed by atoms with E-state index in [-0.39, 0.29) is 5.63 Å². The molecule has 0 radical (unpaired) electrons. The zero-order chi connectivity index (χ0) is 15.0. The molecule has 0 atom stereocenters. The molecule has 1 aromatic rings. The number of amides is 1. The van der Waals surface area contributed by atoms with Crippen LogP contribution >= 0.6 is 15.9 Å². The van der Waals surface area contributed by atoms with Crippen LogP contribution in [0.1, 0.15) is 50.2 Å². The molecule has 1 aliphatic carbocycles. The van der Waals surface area contributed by atoms with E-state index in [0.717, 1.165) is 29.5 Å². The standard InChI is InChI=1S/C12H15BrO2.C3H7NO/c13-10-7-11(15-12(14)8-10)9-5-3-1-2-4-6-9;1-4(2)3-5/h7-9H,1-6H2;3H,1-2H3. The summed E-state index contributed by atoms with van der Waals surface area (Å²) >= 11 is 3.34. The number of nitrogens with zero attached hydrogens (tertiary/aromatic N) is 1. The van der Waals surface area contributed by atoms with Crippen molar-refractivity contribution in [2.24, 2.45) is 0 Å². The lowest BCUT2D eigenvalue weighted by atomic mass is 9.97. The fourth-order valence-electron chi connectivity index (χ4n) is 2.23. The first kappa shape index (κ1) is 17.0. The van der Waals surface area contributed by atoms with Crippen LogP contribution in [0, 0.1) is 0 Å². The van der Waals surface area contributed by atoms with Crippen LogP contribution in [-0.2, 0) is 4.79 Å². The number of hydrogen-bond acceptors (Lipinski definition) is 3. The summed E-state index contributed by atoms with van der Waals surface area (Å²) in [6.45, 7) is 0. The van der Waals surface area contributed by atoms with E-state index in [0.29, 0.717) is 5.92 Å². The predicted molar refractivity (Wildman–Crippen MR) is 82.9 cm³/mol. The van der Waals surface area contributed by atoms with E-state index in [1.54, 1.807) is 14.1 Å². The molecule has 0 N–H and O–H groups in total. The molecule has 5 heteroatoms. The SMILES string of the molecule is CN(C)C=O.O=c1cc(Br)cc(C2CCCCCC2)o1. The molecule has 20 heavy (non-hydrogen) atoms. The fourth-order valence-corrected chi connectivity index (χ4v) is 2.64. The summed E-state index contributed by atoms with van der Waals surface area (Å²) in [5.74, 6) is 1.30. The van der Waals surface area contributed by atoms with E-state index >= 15 is 0 Å². The van der Waals surface area contributed by atoms with Gasteiger partial charge in [0, 0.05) is 30.6 Å². The van der Waals surface area contributed by atoms with Crippen molar-refractivity contribution in [1.82, 2.24) is 4.90 Å². The largest absolute Gasteiger partial charge is 0.428 e. The first-order valence-electron chi connectivity index (χ1n) is 6.95. The molecule has 2 rings (SSSR count). The minimum Gasteiger partial charge on any atom is -0.428 e. The molecular weight excluding hydrogens is 322 g/mol. The average molecular weight is 344 g/mol. The number of halogens is 1. The van der Waals surface area contributed by atoms with Gasteiger partial charge in [0.15, 0.2) is 0 Å². The third-order valence-electron chi connectivity index (χ3n) is 3.22. The Balaban J connectivity index is 0.000000347. The van der Waals surface area contributed by atoms with Gasteiger partial charge >= 0.3 is 5.63 Å². The Hall–Kier alpha value is -1.10. The molecule has 1 aliphatic rings. The molecule has 1 saturated carbocycles. The van der Waals surface area contributed by atoms with Crippen molar-refractivity contribution in [3.63, 3.8) is 0 Å². The van der Waals surface area contributed by atoms with E-state index in [1.807, 2.05) is 6.07 Å². The Morgan fingerprint density at radius 2 is 1.75 bits per heavy atom. The van der Waals surface area contributed by atoms with Crippen LogP contribution in [0.4, 0.5) is 0 Å². The number of hydrogen-bond donors (Lipinski definition) is 0. The van der Waals surface area contributed by atoms with Gasteiger partial charge in [0.1, 0.15) is 5.76 Å². The van der Waals surface area contributed by atoms with Gasteiger partial charge in [-0.3, -0.25) is 4.79 Å². The molecule has 0 unspecified atom stereocenters. The predicted octanol–water partition coefficient (Wildman–Crippen LogP) is 3.54. The van der Waals surface area contributed by atoms with Crippen molar-refractivity contribution >= 4 is 22.3 Å². The third-order valence-corrected chi connectivity index (χ3v) is 3.68. The maximum Gasteiger partial charge on any atom is 0.336 e. The van der Waals surface area contributed by atoms with Gasteiger partial charge in [0.2, 0.25) is 6.41 Å². The zero-order valence-electron chi connectivity index (χ0n) is 12.1. The monoisotopic (exact) mass is 343 g/mol. The Bertz CT molecular complexity index is 462. The van der Waals surface area contributed by atoms with Gasteiger partial charge in [0.05, 0.1) is 0 Å². The quantitative estimate of drug-likeness (QED) is 0.609. The Labute approximate surface area is 128 Å². The van der Waals surface area contributed by atoms with Crippen LogP contribution in [0.15, 0.2) is 25.8 Å². The van der Waals surface area contributed by atoms with Gasteiger partial charge in [-0.1, -0.05) is 41.6 Å². The molecule has 112 valence electrons. The molecular formula is C15H22BrNO3. The number of carbonyl (C=O) groups is 1. The van der Waals surface area contributed by atoms with Crippen molar-refractivity contribution in [3.05, 3.63) is 32.8 Å². The summed E-state index contributed by atoms with van der Waals surface area (Å²) in [6.07, 6.45) is 8.18. The van der Waals surface area contributed by atoms with Crippen molar-refractivity contribution in [2.45, 2.75) is 44.4 Å². The van der Waals surface area contributed by atoms with Gasteiger partial charge in [0.25, 0.3) is 0 Å². The normalized spacial score (nSPS) is 15.8. The highest BCUT2D eigenvalue weighted by atomic mass is 79.9. The minimum absolute atomic E-state index is 0.247. The van der Waals surface area contributed by atoms with Gasteiger partial charge < -0.3 is 9.32 Å². The summed E-state index contributed by atoms with van der Waals surface area (Å²) in [5.41, 5.74) is -0.247. The van der Waals surface area contributed by atoms with Crippen LogP contribution in [0.3, 0.4) is 0 Å². The Kier molecular flexibility index (Phi) is 7.59. The average Bonchev–Trinajstić information content (AvgIpc) is 2.67.